The number of hydrogen-bond donors (Lipinski definition) is 0. The smallest absolute Gasteiger partial charge is 0.303 e. The van der Waals surface area contributed by atoms with Crippen molar-refractivity contribution in [2.24, 2.45) is 22.7 Å². The highest BCUT2D eigenvalue weighted by molar-refractivity contribution is 5.66. The van der Waals surface area contributed by atoms with Crippen LogP contribution < -0.4 is 0 Å². The lowest BCUT2D eigenvalue weighted by Gasteiger charge is -2.66. The van der Waals surface area contributed by atoms with Crippen LogP contribution in [0.5, 0.6) is 0 Å². The van der Waals surface area contributed by atoms with Gasteiger partial charge in [0.25, 0.3) is 0 Å². The summed E-state index contributed by atoms with van der Waals surface area (Å²) in [6.07, 6.45) is 8.62. The van der Waals surface area contributed by atoms with E-state index in [2.05, 4.69) is 34.3 Å². The fraction of sp³-hybridized carbons (Fsp3) is 0.864. The van der Waals surface area contributed by atoms with E-state index in [-0.39, 0.29) is 23.1 Å². The van der Waals surface area contributed by atoms with Crippen LogP contribution in [-0.2, 0) is 14.3 Å². The first-order valence-corrected chi connectivity index (χ1v) is 9.98. The molecule has 3 rings (SSSR count). The predicted molar refractivity (Wildman–Crippen MR) is 100 cm³/mol. The minimum Gasteiger partial charge on any atom is -0.459 e. The molecule has 0 aromatic rings. The van der Waals surface area contributed by atoms with Crippen LogP contribution in [-0.4, -0.2) is 23.3 Å². The second-order valence-electron chi connectivity index (χ2n) is 10.1. The van der Waals surface area contributed by atoms with E-state index in [1.807, 2.05) is 13.0 Å². The van der Waals surface area contributed by atoms with Crippen LogP contribution in [0.4, 0.5) is 0 Å². The Morgan fingerprint density at radius 1 is 1.12 bits per heavy atom. The number of rotatable bonds is 2. The molecule has 0 bridgehead atoms. The van der Waals surface area contributed by atoms with Gasteiger partial charge in [0.1, 0.15) is 11.7 Å². The summed E-state index contributed by atoms with van der Waals surface area (Å²) in [5.74, 6) is 0.893. The molecule has 3 fully saturated rings. The zero-order valence-corrected chi connectivity index (χ0v) is 17.0. The molecule has 0 aromatic heterocycles. The van der Waals surface area contributed by atoms with Crippen molar-refractivity contribution in [2.45, 2.75) is 97.4 Å². The van der Waals surface area contributed by atoms with Gasteiger partial charge in [0.2, 0.25) is 0 Å². The molecule has 3 aliphatic rings. The lowest BCUT2D eigenvalue weighted by atomic mass is 9.44. The zero-order chi connectivity index (χ0) is 18.7. The third kappa shape index (κ3) is 2.87. The summed E-state index contributed by atoms with van der Waals surface area (Å²) in [7, 11) is 0. The van der Waals surface area contributed by atoms with Gasteiger partial charge >= 0.3 is 5.97 Å². The topological polar surface area (TPSA) is 35.5 Å². The molecule has 0 radical (unpaired) electrons. The second-order valence-corrected chi connectivity index (χ2v) is 10.1. The zero-order valence-electron chi connectivity index (χ0n) is 17.0. The van der Waals surface area contributed by atoms with E-state index in [4.69, 9.17) is 9.47 Å². The Bertz CT molecular complexity index is 568. The number of esters is 1. The Hall–Kier alpha value is -0.830. The molecule has 3 heteroatoms. The van der Waals surface area contributed by atoms with Crippen LogP contribution in [0.25, 0.3) is 0 Å². The van der Waals surface area contributed by atoms with Gasteiger partial charge in [-0.2, -0.15) is 0 Å². The number of ether oxygens (including phenoxy) is 2. The fourth-order valence-electron chi connectivity index (χ4n) is 6.80. The van der Waals surface area contributed by atoms with E-state index >= 15 is 0 Å². The van der Waals surface area contributed by atoms with Gasteiger partial charge in [-0.3, -0.25) is 4.79 Å². The fourth-order valence-corrected chi connectivity index (χ4v) is 6.80. The summed E-state index contributed by atoms with van der Waals surface area (Å²) in [5, 5.41) is 0. The van der Waals surface area contributed by atoms with Crippen molar-refractivity contribution >= 4 is 5.97 Å². The first kappa shape index (κ1) is 18.9. The lowest BCUT2D eigenvalue weighted by Crippen LogP contribution is -2.66. The Morgan fingerprint density at radius 2 is 1.80 bits per heavy atom. The van der Waals surface area contributed by atoms with Gasteiger partial charge < -0.3 is 9.47 Å². The summed E-state index contributed by atoms with van der Waals surface area (Å²) in [4.78, 5) is 11.7. The highest BCUT2D eigenvalue weighted by Crippen LogP contribution is 2.65. The van der Waals surface area contributed by atoms with Crippen LogP contribution in [0.2, 0.25) is 0 Å². The van der Waals surface area contributed by atoms with Crippen LogP contribution in [0.1, 0.15) is 80.1 Å². The molecule has 1 saturated heterocycles. The summed E-state index contributed by atoms with van der Waals surface area (Å²) in [6.45, 7) is 17.2. The van der Waals surface area contributed by atoms with Crippen molar-refractivity contribution in [3.05, 3.63) is 12.7 Å². The number of carbonyl (C=O) groups is 1. The van der Waals surface area contributed by atoms with Crippen molar-refractivity contribution in [3.63, 3.8) is 0 Å². The highest BCUT2D eigenvalue weighted by Gasteiger charge is 2.63. The second kappa shape index (κ2) is 5.84. The van der Waals surface area contributed by atoms with Crippen LogP contribution >= 0.6 is 0 Å². The van der Waals surface area contributed by atoms with Crippen LogP contribution in [0.15, 0.2) is 12.7 Å². The number of carbonyl (C=O) groups excluding carboxylic acids is 1. The van der Waals surface area contributed by atoms with Gasteiger partial charge in [-0.15, -0.1) is 6.58 Å². The normalized spacial score (nSPS) is 48.8. The van der Waals surface area contributed by atoms with E-state index < -0.39 is 5.60 Å². The van der Waals surface area contributed by atoms with E-state index in [1.165, 1.54) is 32.6 Å². The van der Waals surface area contributed by atoms with Gasteiger partial charge in [0, 0.05) is 6.92 Å². The lowest BCUT2D eigenvalue weighted by molar-refractivity contribution is -0.284. The predicted octanol–water partition coefficient (Wildman–Crippen LogP) is 5.28. The number of hydrogen-bond acceptors (Lipinski definition) is 3. The summed E-state index contributed by atoms with van der Waals surface area (Å²) in [5.41, 5.74) is -0.150. The summed E-state index contributed by atoms with van der Waals surface area (Å²) < 4.78 is 12.4. The third-order valence-electron chi connectivity index (χ3n) is 7.99. The molecular weight excluding hydrogens is 312 g/mol. The molecule has 6 unspecified atom stereocenters. The minimum atomic E-state index is -0.607. The van der Waals surface area contributed by atoms with Crippen molar-refractivity contribution < 1.29 is 14.3 Å². The van der Waals surface area contributed by atoms with Gasteiger partial charge in [-0.25, -0.2) is 0 Å². The highest BCUT2D eigenvalue weighted by atomic mass is 16.6. The molecule has 1 aliphatic heterocycles. The van der Waals surface area contributed by atoms with Crippen molar-refractivity contribution in [1.82, 2.24) is 0 Å². The van der Waals surface area contributed by atoms with E-state index in [1.54, 1.807) is 0 Å². The van der Waals surface area contributed by atoms with Crippen LogP contribution in [0.3, 0.4) is 0 Å². The molecule has 2 saturated carbocycles. The van der Waals surface area contributed by atoms with Gasteiger partial charge in [0.15, 0.2) is 0 Å². The first-order chi connectivity index (χ1) is 11.5. The Balaban J connectivity index is 1.99. The standard InChI is InChI=1S/C22H36O3/c1-8-21(6)18(24-15(2)23)14-17-20(5)12-9-11-19(3,4)16(20)10-13-22(17,7)25-21/h8,16-18H,1,9-14H2,2-7H3. The van der Waals surface area contributed by atoms with Crippen molar-refractivity contribution in [2.75, 3.05) is 0 Å². The molecule has 25 heavy (non-hydrogen) atoms. The largest absolute Gasteiger partial charge is 0.459 e. The SMILES string of the molecule is C=CC1(C)OC2(C)CCC3C(C)(C)CCCC3(C)C2CC1OC(C)=O. The van der Waals surface area contributed by atoms with Gasteiger partial charge in [0.05, 0.1) is 5.60 Å². The quantitative estimate of drug-likeness (QED) is 0.503. The number of fused-ring (bicyclic) bond motifs is 3. The van der Waals surface area contributed by atoms with E-state index in [0.29, 0.717) is 17.3 Å². The van der Waals surface area contributed by atoms with Gasteiger partial charge in [-0.1, -0.05) is 33.3 Å². The van der Waals surface area contributed by atoms with Crippen molar-refractivity contribution in [1.29, 1.82) is 0 Å². The van der Waals surface area contributed by atoms with Crippen LogP contribution in [0, 0.1) is 22.7 Å². The first-order valence-electron chi connectivity index (χ1n) is 9.98. The van der Waals surface area contributed by atoms with E-state index in [0.717, 1.165) is 12.8 Å². The third-order valence-corrected chi connectivity index (χ3v) is 7.99. The van der Waals surface area contributed by atoms with Gasteiger partial charge in [-0.05, 0) is 68.6 Å². The monoisotopic (exact) mass is 348 g/mol. The average molecular weight is 349 g/mol. The maximum Gasteiger partial charge on any atom is 0.303 e. The molecule has 0 amide bonds. The minimum absolute atomic E-state index is 0.168. The van der Waals surface area contributed by atoms with Crippen molar-refractivity contribution in [3.8, 4) is 0 Å². The summed E-state index contributed by atoms with van der Waals surface area (Å²) in [6, 6.07) is 0. The molecule has 142 valence electrons. The molecule has 0 spiro atoms. The Labute approximate surface area is 153 Å². The molecule has 6 atom stereocenters. The maximum absolute atomic E-state index is 11.7. The molecular formula is C22H36O3. The maximum atomic E-state index is 11.7. The molecule has 0 N–H and O–H groups in total. The summed E-state index contributed by atoms with van der Waals surface area (Å²) >= 11 is 0. The molecule has 1 heterocycles. The molecule has 0 aromatic carbocycles. The van der Waals surface area contributed by atoms with E-state index in [9.17, 15) is 4.79 Å². The molecule has 2 aliphatic carbocycles. The molecule has 3 nitrogen and oxygen atoms in total. The Kier molecular flexibility index (Phi) is 4.42. The Morgan fingerprint density at radius 3 is 2.40 bits per heavy atom. The average Bonchev–Trinajstić information content (AvgIpc) is 2.47.